The van der Waals surface area contributed by atoms with Crippen LogP contribution in [0.4, 0.5) is 14.6 Å². The number of alkyl halides is 1. The molecule has 7 rings (SSSR count). The summed E-state index contributed by atoms with van der Waals surface area (Å²) in [6.45, 7) is 5.96. The third-order valence-corrected chi connectivity index (χ3v) is 9.89. The summed E-state index contributed by atoms with van der Waals surface area (Å²) in [7, 11) is 1.84. The monoisotopic (exact) mass is 634 g/mol. The third kappa shape index (κ3) is 5.11. The number of fused-ring (bicyclic) bond motifs is 3. The van der Waals surface area contributed by atoms with Crippen LogP contribution in [0.25, 0.3) is 32.9 Å². The summed E-state index contributed by atoms with van der Waals surface area (Å²) in [5.74, 6) is -0.530. The molecule has 2 aromatic heterocycles. The van der Waals surface area contributed by atoms with Crippen LogP contribution in [-0.2, 0) is 4.79 Å². The molecule has 2 aromatic carbocycles. The molecule has 3 atom stereocenters. The van der Waals surface area contributed by atoms with Gasteiger partial charge < -0.3 is 19.6 Å². The topological polar surface area (TPSA) is 94.9 Å². The molecule has 0 spiro atoms. The van der Waals surface area contributed by atoms with Gasteiger partial charge in [-0.05, 0) is 55.5 Å². The number of benzene rings is 2. The maximum Gasteiger partial charge on any atom is 0.319 e. The molecule has 1 amide bonds. The number of likely N-dealkylation sites (N-methyl/N-ethyl adjacent to an activating group) is 1. The first-order valence-electron chi connectivity index (χ1n) is 15.1. The van der Waals surface area contributed by atoms with Gasteiger partial charge in [-0.15, -0.1) is 0 Å². The molecule has 0 radical (unpaired) electrons. The number of aromatic nitrogens is 3. The molecule has 4 aromatic rings. The van der Waals surface area contributed by atoms with E-state index in [4.69, 9.17) is 21.3 Å². The number of hydrogen-bond donors (Lipinski definition) is 1. The molecular formula is C33H33ClF2N6O3. The van der Waals surface area contributed by atoms with E-state index in [1.807, 2.05) is 11.9 Å². The summed E-state index contributed by atoms with van der Waals surface area (Å²) in [6.07, 6.45) is 4.69. The van der Waals surface area contributed by atoms with Crippen molar-refractivity contribution in [2.45, 2.75) is 43.4 Å². The zero-order valence-corrected chi connectivity index (χ0v) is 25.6. The molecule has 9 nitrogen and oxygen atoms in total. The van der Waals surface area contributed by atoms with Gasteiger partial charge in [0.1, 0.15) is 35.6 Å². The molecule has 5 heterocycles. The van der Waals surface area contributed by atoms with Gasteiger partial charge in [0, 0.05) is 61.3 Å². The second-order valence-corrected chi connectivity index (χ2v) is 12.7. The molecule has 3 aliphatic heterocycles. The Labute approximate surface area is 264 Å². The number of anilines is 1. The normalized spacial score (nSPS) is 23.2. The highest BCUT2D eigenvalue weighted by atomic mass is 35.5. The maximum absolute atomic E-state index is 16.7. The average Bonchev–Trinajstić information content (AvgIpc) is 3.74. The highest BCUT2D eigenvalue weighted by Gasteiger charge is 2.49. The molecule has 234 valence electrons. The van der Waals surface area contributed by atoms with E-state index in [1.54, 1.807) is 29.2 Å². The van der Waals surface area contributed by atoms with Crippen LogP contribution in [0.3, 0.4) is 0 Å². The second kappa shape index (κ2) is 11.4. The molecule has 12 heteroatoms. The van der Waals surface area contributed by atoms with Gasteiger partial charge >= 0.3 is 6.01 Å². The predicted octanol–water partition coefficient (Wildman–Crippen LogP) is 5.52. The van der Waals surface area contributed by atoms with Crippen LogP contribution in [0.15, 0.2) is 49.2 Å². The van der Waals surface area contributed by atoms with Crippen LogP contribution in [0, 0.1) is 5.82 Å². The smallest absolute Gasteiger partial charge is 0.319 e. The van der Waals surface area contributed by atoms with Crippen LogP contribution in [0.1, 0.15) is 25.7 Å². The van der Waals surface area contributed by atoms with Gasteiger partial charge in [-0.1, -0.05) is 30.3 Å². The van der Waals surface area contributed by atoms with E-state index in [0.717, 1.165) is 19.4 Å². The number of halogens is 3. The van der Waals surface area contributed by atoms with E-state index >= 15 is 4.39 Å². The number of phenolic OH excluding ortho intramolecular Hbond substituents is 1. The Morgan fingerprint density at radius 1 is 1.29 bits per heavy atom. The molecule has 3 fully saturated rings. The molecule has 0 bridgehead atoms. The minimum atomic E-state index is -0.924. The molecule has 3 saturated heterocycles. The standard InChI is InChI=1S/C33H33ClF2N6O3/c1-3-26(44)41-11-8-21(17-41)40(2)31-24-15-37-29(23-13-22(43)12-19-6-4-7-25(34)27(19)23)28(36)30(24)38-32(39-31)45-18-33-9-5-10-42(33)16-20(35)14-33/h3-4,6-7,12-13,15,20-21,43H,1,5,8-11,14,16-18H2,2H3/t20-,21-,33+/m1/s1. The van der Waals surface area contributed by atoms with Crippen molar-refractivity contribution in [2.24, 2.45) is 0 Å². The van der Waals surface area contributed by atoms with Crippen LogP contribution in [0.2, 0.25) is 5.02 Å². The van der Waals surface area contributed by atoms with E-state index in [1.165, 1.54) is 18.3 Å². The number of phenols is 1. The van der Waals surface area contributed by atoms with Crippen molar-refractivity contribution in [3.8, 4) is 23.0 Å². The molecule has 0 aliphatic carbocycles. The number of hydrogen-bond acceptors (Lipinski definition) is 8. The van der Waals surface area contributed by atoms with Crippen LogP contribution >= 0.6 is 11.6 Å². The highest BCUT2D eigenvalue weighted by molar-refractivity contribution is 6.36. The molecule has 1 N–H and O–H groups in total. The lowest BCUT2D eigenvalue weighted by Gasteiger charge is -2.31. The summed E-state index contributed by atoms with van der Waals surface area (Å²) in [4.78, 5) is 31.8. The SMILES string of the molecule is C=CC(=O)N1CC[C@@H](N(C)c2nc(OC[C@@]34CCCN3C[C@H](F)C4)nc3c(F)c(-c4cc(O)cc5cccc(Cl)c45)ncc23)C1. The molecule has 0 saturated carbocycles. The Kier molecular flexibility index (Phi) is 7.48. The number of carbonyl (C=O) groups excluding carboxylic acids is 1. The minimum Gasteiger partial charge on any atom is -0.508 e. The Morgan fingerprint density at radius 2 is 2.13 bits per heavy atom. The van der Waals surface area contributed by atoms with Gasteiger partial charge in [0.25, 0.3) is 0 Å². The molecular weight excluding hydrogens is 602 g/mol. The summed E-state index contributed by atoms with van der Waals surface area (Å²) in [5.41, 5.74) is -0.168. The first kappa shape index (κ1) is 29.6. The first-order valence-corrected chi connectivity index (χ1v) is 15.5. The van der Waals surface area contributed by atoms with E-state index in [0.29, 0.717) is 65.0 Å². The van der Waals surface area contributed by atoms with Crippen molar-refractivity contribution < 1.29 is 23.4 Å². The van der Waals surface area contributed by atoms with Crippen LogP contribution in [-0.4, -0.2) is 93.4 Å². The fourth-order valence-electron chi connectivity index (χ4n) is 7.30. The number of ether oxygens (including phenoxy) is 1. The fraction of sp³-hybridized carbons (Fsp3) is 0.394. The van der Waals surface area contributed by atoms with E-state index in [2.05, 4.69) is 21.4 Å². The van der Waals surface area contributed by atoms with Gasteiger partial charge in [-0.25, -0.2) is 8.78 Å². The Hall–Kier alpha value is -4.09. The lowest BCUT2D eigenvalue weighted by molar-refractivity contribution is -0.125. The van der Waals surface area contributed by atoms with E-state index in [9.17, 15) is 14.3 Å². The second-order valence-electron chi connectivity index (χ2n) is 12.2. The molecule has 45 heavy (non-hydrogen) atoms. The molecule has 3 aliphatic rings. The van der Waals surface area contributed by atoms with Crippen molar-refractivity contribution in [1.29, 1.82) is 0 Å². The van der Waals surface area contributed by atoms with E-state index in [-0.39, 0.29) is 41.5 Å². The number of nitrogens with zero attached hydrogens (tertiary/aromatic N) is 6. The number of aromatic hydroxyl groups is 1. The van der Waals surface area contributed by atoms with Crippen molar-refractivity contribution in [1.82, 2.24) is 24.8 Å². The Balaban J connectivity index is 1.33. The van der Waals surface area contributed by atoms with Gasteiger partial charge in [0.2, 0.25) is 5.91 Å². The maximum atomic E-state index is 16.7. The number of likely N-dealkylation sites (tertiary alicyclic amines) is 1. The van der Waals surface area contributed by atoms with E-state index < -0.39 is 17.5 Å². The Bertz CT molecular complexity index is 1840. The summed E-state index contributed by atoms with van der Waals surface area (Å²) in [5, 5.41) is 12.4. The van der Waals surface area contributed by atoms with Crippen LogP contribution < -0.4 is 9.64 Å². The number of carbonyl (C=O) groups is 1. The zero-order chi connectivity index (χ0) is 31.5. The first-order chi connectivity index (χ1) is 21.7. The third-order valence-electron chi connectivity index (χ3n) is 9.57. The number of pyridine rings is 1. The predicted molar refractivity (Wildman–Crippen MR) is 169 cm³/mol. The highest BCUT2D eigenvalue weighted by Crippen LogP contribution is 2.42. The van der Waals surface area contributed by atoms with Crippen molar-refractivity contribution in [3.05, 3.63) is 60.0 Å². The summed E-state index contributed by atoms with van der Waals surface area (Å²) >= 11 is 6.55. The average molecular weight is 635 g/mol. The lowest BCUT2D eigenvalue weighted by Crippen LogP contribution is -2.43. The van der Waals surface area contributed by atoms with Gasteiger partial charge in [0.05, 0.1) is 10.9 Å². The Morgan fingerprint density at radius 3 is 2.96 bits per heavy atom. The number of amides is 1. The summed E-state index contributed by atoms with van der Waals surface area (Å²) < 4.78 is 37.4. The fourth-order valence-corrected chi connectivity index (χ4v) is 7.59. The minimum absolute atomic E-state index is 0.0111. The quantitative estimate of drug-likeness (QED) is 0.266. The van der Waals surface area contributed by atoms with Crippen molar-refractivity contribution in [2.75, 3.05) is 44.7 Å². The van der Waals surface area contributed by atoms with Gasteiger partial charge in [0.15, 0.2) is 5.82 Å². The largest absolute Gasteiger partial charge is 0.508 e. The van der Waals surface area contributed by atoms with Gasteiger partial charge in [-0.2, -0.15) is 9.97 Å². The number of rotatable bonds is 7. The summed E-state index contributed by atoms with van der Waals surface area (Å²) in [6, 6.07) is 8.09. The van der Waals surface area contributed by atoms with Gasteiger partial charge in [-0.3, -0.25) is 14.7 Å². The van der Waals surface area contributed by atoms with Crippen LogP contribution in [0.5, 0.6) is 11.8 Å². The molecule has 0 unspecified atom stereocenters. The lowest BCUT2D eigenvalue weighted by atomic mass is 9.95. The zero-order valence-electron chi connectivity index (χ0n) is 24.8. The van der Waals surface area contributed by atoms with Crippen molar-refractivity contribution >= 4 is 45.0 Å². The van der Waals surface area contributed by atoms with Crippen molar-refractivity contribution in [3.63, 3.8) is 0 Å².